The maximum Gasteiger partial charge on any atom is 0.417 e. The van der Waals surface area contributed by atoms with E-state index in [0.717, 1.165) is 4.88 Å². The van der Waals surface area contributed by atoms with Crippen LogP contribution in [0.25, 0.3) is 11.1 Å². The van der Waals surface area contributed by atoms with Gasteiger partial charge in [-0.05, 0) is 44.7 Å². The minimum Gasteiger partial charge on any atom is -0.494 e. The van der Waals surface area contributed by atoms with Gasteiger partial charge in [0.15, 0.2) is 10.7 Å². The lowest BCUT2D eigenvalue weighted by Crippen LogP contribution is -2.51. The summed E-state index contributed by atoms with van der Waals surface area (Å²) < 4.78 is 45.4. The van der Waals surface area contributed by atoms with Gasteiger partial charge in [-0.15, -0.1) is 0 Å². The largest absolute Gasteiger partial charge is 0.494 e. The number of anilines is 1. The van der Waals surface area contributed by atoms with Crippen molar-refractivity contribution in [1.29, 1.82) is 0 Å². The summed E-state index contributed by atoms with van der Waals surface area (Å²) in [7, 11) is 1.48. The van der Waals surface area contributed by atoms with Crippen LogP contribution < -0.4 is 10.1 Å². The van der Waals surface area contributed by atoms with Crippen molar-refractivity contribution in [1.82, 2.24) is 19.9 Å². The zero-order valence-electron chi connectivity index (χ0n) is 21.5. The van der Waals surface area contributed by atoms with E-state index in [0.29, 0.717) is 33.4 Å². The summed E-state index contributed by atoms with van der Waals surface area (Å²) in [5.41, 5.74) is -0.243. The summed E-state index contributed by atoms with van der Waals surface area (Å²) in [5, 5.41) is 13.4. The number of fused-ring (bicyclic) bond motifs is 1. The van der Waals surface area contributed by atoms with Crippen molar-refractivity contribution < 1.29 is 32.6 Å². The van der Waals surface area contributed by atoms with E-state index in [9.17, 15) is 27.9 Å². The number of carbonyl (C=O) groups is 2. The molecule has 14 heteroatoms. The van der Waals surface area contributed by atoms with E-state index in [4.69, 9.17) is 16.3 Å². The van der Waals surface area contributed by atoms with Gasteiger partial charge in [-0.25, -0.2) is 9.97 Å². The van der Waals surface area contributed by atoms with Crippen LogP contribution in [-0.4, -0.2) is 55.7 Å². The summed E-state index contributed by atoms with van der Waals surface area (Å²) in [6.45, 7) is 2.08. The highest BCUT2D eigenvalue weighted by Gasteiger charge is 2.56. The van der Waals surface area contributed by atoms with Crippen molar-refractivity contribution in [3.8, 4) is 16.9 Å². The lowest BCUT2D eigenvalue weighted by atomic mass is 9.77. The topological polar surface area (TPSA) is 118 Å². The van der Waals surface area contributed by atoms with Crippen LogP contribution in [-0.2, 0) is 17.9 Å². The number of pyridine rings is 2. The fourth-order valence-electron chi connectivity index (χ4n) is 5.15. The van der Waals surface area contributed by atoms with Crippen LogP contribution in [0.3, 0.4) is 0 Å². The number of ether oxygens (including phenoxy) is 1. The Kier molecular flexibility index (Phi) is 7.48. The maximum absolute atomic E-state index is 13.3. The van der Waals surface area contributed by atoms with Crippen LogP contribution in [0.5, 0.6) is 5.75 Å². The summed E-state index contributed by atoms with van der Waals surface area (Å²) in [6.07, 6.45) is -2.52. The van der Waals surface area contributed by atoms with Crippen molar-refractivity contribution in [2.75, 3.05) is 12.4 Å². The van der Waals surface area contributed by atoms with Crippen LogP contribution in [0.1, 0.15) is 52.3 Å². The average molecular weight is 596 g/mol. The second kappa shape index (κ2) is 10.6. The predicted octanol–water partition coefficient (Wildman–Crippen LogP) is 5.15. The van der Waals surface area contributed by atoms with Crippen LogP contribution >= 0.6 is 22.9 Å². The van der Waals surface area contributed by atoms with Crippen molar-refractivity contribution in [3.05, 3.63) is 51.5 Å². The monoisotopic (exact) mass is 595 g/mol. The van der Waals surface area contributed by atoms with Crippen molar-refractivity contribution in [2.24, 2.45) is 5.92 Å². The Hall–Kier alpha value is -3.29. The lowest BCUT2D eigenvalue weighted by molar-refractivity contribution is -0.273. The van der Waals surface area contributed by atoms with Crippen LogP contribution in [0, 0.1) is 12.8 Å². The number of halogens is 4. The number of alkyl halides is 3. The third kappa shape index (κ3) is 5.37. The Bertz CT molecular complexity index is 1460. The number of aliphatic hydroxyl groups is 1. The second-order valence-electron chi connectivity index (χ2n) is 9.94. The molecule has 3 aromatic rings. The van der Waals surface area contributed by atoms with Gasteiger partial charge in [-0.3, -0.25) is 19.9 Å². The molecule has 0 spiro atoms. The molecule has 0 saturated heterocycles. The van der Waals surface area contributed by atoms with Crippen LogP contribution in [0.15, 0.2) is 24.5 Å². The van der Waals surface area contributed by atoms with Gasteiger partial charge < -0.3 is 14.7 Å². The molecule has 3 aromatic heterocycles. The fourth-order valence-corrected chi connectivity index (χ4v) is 6.29. The molecule has 2 N–H and O–H groups in total. The van der Waals surface area contributed by atoms with Gasteiger partial charge in [0.05, 0.1) is 42.5 Å². The highest BCUT2D eigenvalue weighted by molar-refractivity contribution is 7.16. The minimum atomic E-state index is -4.79. The predicted molar refractivity (Wildman–Crippen MR) is 141 cm³/mol. The van der Waals surface area contributed by atoms with Gasteiger partial charge in [-0.2, -0.15) is 13.2 Å². The van der Waals surface area contributed by atoms with E-state index in [1.807, 2.05) is 0 Å². The number of carbonyl (C=O) groups excluding carboxylic acids is 2. The molecule has 0 radical (unpaired) electrons. The Labute approximate surface area is 236 Å². The number of nitrogens with zero attached hydrogens (tertiary/aromatic N) is 4. The van der Waals surface area contributed by atoms with Crippen LogP contribution in [0.4, 0.5) is 18.3 Å². The molecule has 212 valence electrons. The van der Waals surface area contributed by atoms with Crippen LogP contribution in [0.2, 0.25) is 5.15 Å². The van der Waals surface area contributed by atoms with Gasteiger partial charge in [-0.1, -0.05) is 22.9 Å². The Morgan fingerprint density at radius 1 is 1.23 bits per heavy atom. The highest BCUT2D eigenvalue weighted by Crippen LogP contribution is 2.45. The molecule has 0 aromatic carbocycles. The Morgan fingerprint density at radius 3 is 2.70 bits per heavy atom. The molecule has 0 unspecified atom stereocenters. The van der Waals surface area contributed by atoms with E-state index in [1.54, 1.807) is 19.1 Å². The van der Waals surface area contributed by atoms with Crippen molar-refractivity contribution >= 4 is 39.9 Å². The van der Waals surface area contributed by atoms with Crippen molar-refractivity contribution in [3.63, 3.8) is 0 Å². The number of aromatic nitrogens is 3. The first kappa shape index (κ1) is 28.2. The highest BCUT2D eigenvalue weighted by atomic mass is 35.5. The zero-order valence-corrected chi connectivity index (χ0v) is 23.1. The van der Waals surface area contributed by atoms with Gasteiger partial charge in [0, 0.05) is 28.9 Å². The molecule has 40 heavy (non-hydrogen) atoms. The maximum atomic E-state index is 13.3. The second-order valence-corrected chi connectivity index (χ2v) is 11.4. The number of rotatable bonds is 5. The summed E-state index contributed by atoms with van der Waals surface area (Å²) in [6, 6.07) is 3.33. The number of amides is 2. The fraction of sp³-hybridized carbons (Fsp3) is 0.423. The quantitative estimate of drug-likeness (QED) is 0.392. The molecule has 1 aliphatic heterocycles. The molecule has 2 atom stereocenters. The summed E-state index contributed by atoms with van der Waals surface area (Å²) in [5.74, 6) is -1.39. The molecule has 9 nitrogen and oxygen atoms in total. The number of thiazole rings is 1. The normalized spacial score (nSPS) is 20.8. The van der Waals surface area contributed by atoms with Gasteiger partial charge in [0.1, 0.15) is 10.9 Å². The van der Waals surface area contributed by atoms with E-state index >= 15 is 0 Å². The van der Waals surface area contributed by atoms with Gasteiger partial charge in [0.2, 0.25) is 5.91 Å². The zero-order chi connectivity index (χ0) is 28.8. The van der Waals surface area contributed by atoms with Crippen molar-refractivity contribution in [2.45, 2.75) is 57.5 Å². The molecule has 1 aliphatic carbocycles. The summed E-state index contributed by atoms with van der Waals surface area (Å²) >= 11 is 7.29. The molecule has 5 rings (SSSR count). The molecular formula is C26H25ClF3N5O4S. The Morgan fingerprint density at radius 2 is 2.00 bits per heavy atom. The Balaban J connectivity index is 1.30. The van der Waals surface area contributed by atoms with Gasteiger partial charge in [0.25, 0.3) is 5.91 Å². The number of nitrogens with one attached hydrogen (secondary N) is 1. The first-order valence-corrected chi connectivity index (χ1v) is 13.6. The number of hydrogen-bond donors (Lipinski definition) is 2. The molecular weight excluding hydrogens is 571 g/mol. The summed E-state index contributed by atoms with van der Waals surface area (Å²) in [4.78, 5) is 41.2. The third-order valence-corrected chi connectivity index (χ3v) is 8.42. The average Bonchev–Trinajstić information content (AvgIpc) is 3.46. The SMILES string of the molecule is COc1cnc(Cl)cc1-c1cc(C)ncc1C(=O)Nc1nc2c(s1)CN(C(=O)[C@@H]1CCC[C@](O)(C(F)(F)F)C1)C2. The lowest BCUT2D eigenvalue weighted by Gasteiger charge is -2.38. The van der Waals surface area contributed by atoms with Gasteiger partial charge >= 0.3 is 6.18 Å². The molecule has 4 heterocycles. The number of hydrogen-bond acceptors (Lipinski definition) is 8. The smallest absolute Gasteiger partial charge is 0.417 e. The molecule has 1 saturated carbocycles. The number of methoxy groups -OCH3 is 1. The van der Waals surface area contributed by atoms with E-state index in [-0.39, 0.29) is 36.6 Å². The van der Waals surface area contributed by atoms with E-state index < -0.39 is 42.4 Å². The number of aryl methyl sites for hydroxylation is 1. The standard InChI is InChI=1S/C26H25ClF3N5O4S/c1-13-6-15(16-7-21(27)32-10-19(16)39-2)17(9-31-13)22(36)34-24-33-18-11-35(12-20(18)40-24)23(37)14-4-3-5-25(38,8-14)26(28,29)30/h6-7,9-10,14,38H,3-5,8,11-12H2,1-2H3,(H,33,34,36)/t14-,25-/m1/s1. The first-order chi connectivity index (χ1) is 18.9. The molecule has 1 fully saturated rings. The first-order valence-electron chi connectivity index (χ1n) is 12.4. The van der Waals surface area contributed by atoms with E-state index in [2.05, 4.69) is 20.3 Å². The molecule has 2 amide bonds. The minimum absolute atomic E-state index is 0.115. The van der Waals surface area contributed by atoms with E-state index in [1.165, 1.54) is 35.7 Å². The third-order valence-electron chi connectivity index (χ3n) is 7.22. The molecule has 2 aliphatic rings. The molecule has 0 bridgehead atoms.